The fourth-order valence-corrected chi connectivity index (χ4v) is 2.82. The highest BCUT2D eigenvalue weighted by atomic mass is 19.3. The van der Waals surface area contributed by atoms with Gasteiger partial charge in [-0.05, 0) is 18.6 Å². The van der Waals surface area contributed by atoms with Gasteiger partial charge in [-0.3, -0.25) is 9.36 Å². The number of carbonyl (C=O) groups excluding carboxylic acids is 1. The number of hydrogen-bond donors (Lipinski definition) is 0. The van der Waals surface area contributed by atoms with E-state index < -0.39 is 6.55 Å². The minimum atomic E-state index is -2.69. The number of benzene rings is 1. The summed E-state index contributed by atoms with van der Waals surface area (Å²) in [7, 11) is 1.56. The smallest absolute Gasteiger partial charge is 0.319 e. The van der Waals surface area contributed by atoms with Crippen molar-refractivity contribution in [3.63, 3.8) is 0 Å². The zero-order valence-electron chi connectivity index (χ0n) is 14.5. The van der Waals surface area contributed by atoms with Gasteiger partial charge < -0.3 is 4.90 Å². The van der Waals surface area contributed by atoms with Crippen LogP contribution >= 0.6 is 0 Å². The molecule has 0 fully saturated rings. The number of para-hydroxylation sites is 1. The van der Waals surface area contributed by atoms with E-state index in [2.05, 4.69) is 10.1 Å². The van der Waals surface area contributed by atoms with Gasteiger partial charge in [0, 0.05) is 19.4 Å². The van der Waals surface area contributed by atoms with E-state index in [1.807, 2.05) is 37.3 Å². The summed E-state index contributed by atoms with van der Waals surface area (Å²) in [6.45, 7) is -0.768. The summed E-state index contributed by atoms with van der Waals surface area (Å²) in [4.78, 5) is 18.1. The maximum atomic E-state index is 13.0. The maximum absolute atomic E-state index is 13.0. The number of aromatic nitrogens is 4. The van der Waals surface area contributed by atoms with Crippen LogP contribution in [0, 0.1) is 0 Å². The number of rotatable bonds is 6. The Bertz CT molecular complexity index is 888. The number of amides is 1. The minimum Gasteiger partial charge on any atom is -0.334 e. The zero-order chi connectivity index (χ0) is 18.7. The number of hydrogen-bond acceptors (Lipinski definition) is 3. The molecule has 2 heterocycles. The molecule has 0 aliphatic heterocycles. The second kappa shape index (κ2) is 7.47. The molecule has 0 atom stereocenters. The Morgan fingerprint density at radius 3 is 2.65 bits per heavy atom. The number of alkyl halides is 2. The molecule has 8 heteroatoms. The lowest BCUT2D eigenvalue weighted by molar-refractivity contribution is 0.0612. The van der Waals surface area contributed by atoms with Crippen molar-refractivity contribution in [1.82, 2.24) is 24.2 Å². The first-order valence-corrected chi connectivity index (χ1v) is 8.20. The summed E-state index contributed by atoms with van der Waals surface area (Å²) in [5, 5.41) is 4.33. The third-order valence-electron chi connectivity index (χ3n) is 4.12. The number of carbonyl (C=O) groups is 1. The van der Waals surface area contributed by atoms with E-state index in [0.717, 1.165) is 15.9 Å². The number of nitrogens with zero attached hydrogens (tertiary/aromatic N) is 5. The second-order valence-electron chi connectivity index (χ2n) is 5.80. The summed E-state index contributed by atoms with van der Waals surface area (Å²) in [6, 6.07) is 9.51. The molecule has 0 unspecified atom stereocenters. The molecule has 1 aromatic carbocycles. The average Bonchev–Trinajstić information content (AvgIpc) is 3.28. The zero-order valence-corrected chi connectivity index (χ0v) is 14.5. The van der Waals surface area contributed by atoms with E-state index in [1.54, 1.807) is 11.7 Å². The van der Waals surface area contributed by atoms with Gasteiger partial charge >= 0.3 is 6.55 Å². The van der Waals surface area contributed by atoms with Gasteiger partial charge in [0.1, 0.15) is 5.82 Å². The molecule has 6 nitrogen and oxygen atoms in total. The van der Waals surface area contributed by atoms with E-state index >= 15 is 0 Å². The maximum Gasteiger partial charge on any atom is 0.319 e. The van der Waals surface area contributed by atoms with Gasteiger partial charge in [-0.2, -0.15) is 13.9 Å². The molecule has 0 aliphatic rings. The molecule has 3 rings (SSSR count). The molecule has 0 saturated carbocycles. The molecule has 0 N–H and O–H groups in total. The molecule has 0 aliphatic carbocycles. The van der Waals surface area contributed by atoms with Gasteiger partial charge in [0.25, 0.3) is 5.91 Å². The van der Waals surface area contributed by atoms with Crippen molar-refractivity contribution in [1.29, 1.82) is 0 Å². The van der Waals surface area contributed by atoms with Crippen molar-refractivity contribution in [2.75, 3.05) is 7.05 Å². The largest absolute Gasteiger partial charge is 0.334 e. The Morgan fingerprint density at radius 1 is 1.27 bits per heavy atom. The van der Waals surface area contributed by atoms with E-state index in [1.165, 1.54) is 23.5 Å². The molecule has 0 radical (unpaired) electrons. The number of imidazole rings is 1. The van der Waals surface area contributed by atoms with Gasteiger partial charge in [0.05, 0.1) is 29.7 Å². The van der Waals surface area contributed by atoms with Crippen LogP contribution < -0.4 is 0 Å². The lowest BCUT2D eigenvalue weighted by Gasteiger charge is -2.18. The first-order valence-electron chi connectivity index (χ1n) is 8.20. The summed E-state index contributed by atoms with van der Waals surface area (Å²) in [5.74, 6) is -0.155. The Labute approximate surface area is 149 Å². The van der Waals surface area contributed by atoms with Crippen LogP contribution in [0.2, 0.25) is 0 Å². The van der Waals surface area contributed by atoms with Crippen LogP contribution in [0.4, 0.5) is 8.78 Å². The summed E-state index contributed by atoms with van der Waals surface area (Å²) < 4.78 is 28.4. The molecule has 0 spiro atoms. The van der Waals surface area contributed by atoms with Gasteiger partial charge in [-0.25, -0.2) is 9.67 Å². The number of halogens is 2. The predicted octanol–water partition coefficient (Wildman–Crippen LogP) is 3.30. The Hall–Kier alpha value is -3.03. The fourth-order valence-electron chi connectivity index (χ4n) is 2.82. The molecule has 136 valence electrons. The van der Waals surface area contributed by atoms with E-state index in [-0.39, 0.29) is 18.3 Å². The average molecular weight is 359 g/mol. The monoisotopic (exact) mass is 359 g/mol. The van der Waals surface area contributed by atoms with Crippen molar-refractivity contribution in [3.8, 4) is 5.69 Å². The van der Waals surface area contributed by atoms with Gasteiger partial charge in [-0.15, -0.1) is 0 Å². The summed E-state index contributed by atoms with van der Waals surface area (Å²) >= 11 is 0. The van der Waals surface area contributed by atoms with Gasteiger partial charge in [-0.1, -0.05) is 25.1 Å². The summed E-state index contributed by atoms with van der Waals surface area (Å²) in [6.07, 6.45) is 4.62. The van der Waals surface area contributed by atoms with Crippen LogP contribution in [-0.4, -0.2) is 37.2 Å². The topological polar surface area (TPSA) is 56.0 Å². The van der Waals surface area contributed by atoms with E-state index in [9.17, 15) is 13.6 Å². The highest BCUT2D eigenvalue weighted by Gasteiger charge is 2.22. The van der Waals surface area contributed by atoms with Crippen molar-refractivity contribution in [2.45, 2.75) is 26.4 Å². The van der Waals surface area contributed by atoms with E-state index in [0.29, 0.717) is 12.0 Å². The quantitative estimate of drug-likeness (QED) is 0.679. The van der Waals surface area contributed by atoms with Crippen molar-refractivity contribution in [3.05, 3.63) is 66.0 Å². The molecule has 2 aromatic heterocycles. The molecule has 0 bridgehead atoms. The molecule has 0 saturated heterocycles. The molecule has 3 aromatic rings. The normalized spacial score (nSPS) is 11.1. The first-order chi connectivity index (χ1) is 12.5. The van der Waals surface area contributed by atoms with Crippen LogP contribution in [0.15, 0.2) is 48.9 Å². The van der Waals surface area contributed by atoms with Gasteiger partial charge in [0.2, 0.25) is 0 Å². The first kappa shape index (κ1) is 17.8. The molecule has 26 heavy (non-hydrogen) atoms. The SMILES string of the molecule is CCc1c(C(=O)N(C)Cc2nccn2C(F)F)cnn1-c1ccccc1. The molecular weight excluding hydrogens is 340 g/mol. The highest BCUT2D eigenvalue weighted by molar-refractivity contribution is 5.95. The molecule has 1 amide bonds. The second-order valence-corrected chi connectivity index (χ2v) is 5.80. The highest BCUT2D eigenvalue weighted by Crippen LogP contribution is 2.19. The van der Waals surface area contributed by atoms with Crippen LogP contribution in [0.3, 0.4) is 0 Å². The minimum absolute atomic E-state index is 0.0180. The van der Waals surface area contributed by atoms with Crippen molar-refractivity contribution < 1.29 is 13.6 Å². The van der Waals surface area contributed by atoms with E-state index in [4.69, 9.17) is 0 Å². The van der Waals surface area contributed by atoms with Crippen molar-refractivity contribution >= 4 is 5.91 Å². The Kier molecular flexibility index (Phi) is 5.11. The molecular formula is C18H19F2N5O. The lowest BCUT2D eigenvalue weighted by Crippen LogP contribution is -2.28. The van der Waals surface area contributed by atoms with Crippen LogP contribution in [-0.2, 0) is 13.0 Å². The third kappa shape index (κ3) is 3.35. The van der Waals surface area contributed by atoms with Crippen LogP contribution in [0.1, 0.15) is 35.3 Å². The lowest BCUT2D eigenvalue weighted by atomic mass is 10.1. The summed E-state index contributed by atoms with van der Waals surface area (Å²) in [5.41, 5.74) is 2.08. The van der Waals surface area contributed by atoms with Crippen LogP contribution in [0.25, 0.3) is 5.69 Å². The third-order valence-corrected chi connectivity index (χ3v) is 4.12. The van der Waals surface area contributed by atoms with Crippen molar-refractivity contribution in [2.24, 2.45) is 0 Å². The Balaban J connectivity index is 1.86. The fraction of sp³-hybridized carbons (Fsp3) is 0.278. The van der Waals surface area contributed by atoms with Gasteiger partial charge in [0.15, 0.2) is 0 Å². The predicted molar refractivity (Wildman–Crippen MR) is 92.2 cm³/mol. The Morgan fingerprint density at radius 2 is 2.00 bits per heavy atom. The standard InChI is InChI=1S/C18H19F2N5O/c1-3-15-14(11-22-25(15)13-7-5-4-6-8-13)17(26)23(2)12-16-21-9-10-24(16)18(19)20/h4-11,18H,3,12H2,1-2H3. The van der Waals surface area contributed by atoms with Crippen LogP contribution in [0.5, 0.6) is 0 Å².